The SMILES string of the molecule is Cc1ccc(C23CC4CC(C)C5CC(C2)C45C3)cc1. The molecule has 0 nitrogen and oxygen atoms in total. The van der Waals surface area contributed by atoms with Crippen molar-refractivity contribution < 1.29 is 0 Å². The van der Waals surface area contributed by atoms with Crippen molar-refractivity contribution >= 4 is 0 Å². The lowest BCUT2D eigenvalue weighted by atomic mass is 9.52. The summed E-state index contributed by atoms with van der Waals surface area (Å²) in [6.45, 7) is 4.74. The normalized spacial score (nSPS) is 53.2. The van der Waals surface area contributed by atoms with Crippen LogP contribution in [0.1, 0.15) is 50.2 Å². The second-order valence-corrected chi connectivity index (χ2v) is 8.29. The highest BCUT2D eigenvalue weighted by atomic mass is 14.8. The summed E-state index contributed by atoms with van der Waals surface area (Å²) in [5.74, 6) is 4.27. The molecule has 0 saturated heterocycles. The van der Waals surface area contributed by atoms with Crippen LogP contribution in [0.25, 0.3) is 0 Å². The first-order valence-corrected chi connectivity index (χ1v) is 8.21. The van der Waals surface area contributed by atoms with Gasteiger partial charge < -0.3 is 0 Å². The smallest absolute Gasteiger partial charge is 0.00357 e. The first-order chi connectivity index (χ1) is 9.14. The van der Waals surface area contributed by atoms with Gasteiger partial charge in [-0.25, -0.2) is 0 Å². The molecule has 0 N–H and O–H groups in total. The van der Waals surface area contributed by atoms with Crippen LogP contribution in [0.2, 0.25) is 0 Å². The Labute approximate surface area is 116 Å². The van der Waals surface area contributed by atoms with Gasteiger partial charge in [0.2, 0.25) is 0 Å². The third-order valence-electron chi connectivity index (χ3n) is 7.67. The number of hydrogen-bond donors (Lipinski definition) is 0. The van der Waals surface area contributed by atoms with Gasteiger partial charge in [-0.1, -0.05) is 36.8 Å². The van der Waals surface area contributed by atoms with Crippen LogP contribution in [0.15, 0.2) is 24.3 Å². The van der Waals surface area contributed by atoms with Crippen LogP contribution >= 0.6 is 0 Å². The van der Waals surface area contributed by atoms with E-state index in [9.17, 15) is 0 Å². The van der Waals surface area contributed by atoms with Crippen molar-refractivity contribution in [1.82, 2.24) is 0 Å². The maximum absolute atomic E-state index is 2.53. The minimum Gasteiger partial charge on any atom is -0.0622 e. The molecule has 0 aromatic heterocycles. The van der Waals surface area contributed by atoms with E-state index in [0.717, 1.165) is 29.1 Å². The average molecular weight is 252 g/mol. The molecule has 6 atom stereocenters. The Morgan fingerprint density at radius 1 is 1.00 bits per heavy atom. The van der Waals surface area contributed by atoms with Crippen LogP contribution in [-0.4, -0.2) is 0 Å². The maximum Gasteiger partial charge on any atom is -0.00357 e. The Balaban J connectivity index is 1.59. The first-order valence-electron chi connectivity index (χ1n) is 8.21. The Morgan fingerprint density at radius 3 is 2.37 bits per heavy atom. The minimum atomic E-state index is 0.581. The highest BCUT2D eigenvalue weighted by Crippen LogP contribution is 2.82. The van der Waals surface area contributed by atoms with Crippen LogP contribution in [-0.2, 0) is 5.41 Å². The zero-order chi connectivity index (χ0) is 12.8. The van der Waals surface area contributed by atoms with Crippen molar-refractivity contribution in [3.8, 4) is 0 Å². The van der Waals surface area contributed by atoms with Gasteiger partial charge in [-0.2, -0.15) is 0 Å². The van der Waals surface area contributed by atoms with Crippen LogP contribution in [0, 0.1) is 36.0 Å². The molecule has 5 rings (SSSR count). The van der Waals surface area contributed by atoms with Gasteiger partial charge >= 0.3 is 0 Å². The molecule has 0 aliphatic heterocycles. The molecule has 1 aromatic carbocycles. The fraction of sp³-hybridized carbons (Fsp3) is 0.684. The Morgan fingerprint density at radius 2 is 1.68 bits per heavy atom. The highest BCUT2D eigenvalue weighted by molar-refractivity contribution is 5.38. The molecular weight excluding hydrogens is 228 g/mol. The standard InChI is InChI=1S/C19H24/c1-12-3-5-14(6-4-12)18-9-15-7-13(2)17-8-16(10-18)19(15,17)11-18/h3-6,13,15-17H,7-11H2,1-2H3. The molecule has 19 heavy (non-hydrogen) atoms. The van der Waals surface area contributed by atoms with Crippen LogP contribution in [0.5, 0.6) is 0 Å². The van der Waals surface area contributed by atoms with E-state index in [-0.39, 0.29) is 0 Å². The zero-order valence-corrected chi connectivity index (χ0v) is 12.2. The van der Waals surface area contributed by atoms with E-state index >= 15 is 0 Å². The lowest BCUT2D eigenvalue weighted by Crippen LogP contribution is -2.47. The number of aryl methyl sites for hydroxylation is 1. The summed E-state index contributed by atoms with van der Waals surface area (Å²) in [5.41, 5.74) is 4.47. The Hall–Kier alpha value is -0.780. The van der Waals surface area contributed by atoms with E-state index in [1.165, 1.54) is 31.2 Å². The van der Waals surface area contributed by atoms with E-state index in [4.69, 9.17) is 0 Å². The van der Waals surface area contributed by atoms with Gasteiger partial charge in [0.25, 0.3) is 0 Å². The molecule has 4 aliphatic carbocycles. The first kappa shape index (κ1) is 10.9. The lowest BCUT2D eigenvalue weighted by molar-refractivity contribution is -0.0449. The van der Waals surface area contributed by atoms with Crippen LogP contribution < -0.4 is 0 Å². The number of fused-ring (bicyclic) bond motifs is 1. The molecule has 2 bridgehead atoms. The van der Waals surface area contributed by atoms with Crippen molar-refractivity contribution in [2.75, 3.05) is 0 Å². The van der Waals surface area contributed by atoms with Gasteiger partial charge in [-0.3, -0.25) is 0 Å². The van der Waals surface area contributed by atoms with Crippen molar-refractivity contribution in [2.45, 2.75) is 51.4 Å². The van der Waals surface area contributed by atoms with E-state index in [2.05, 4.69) is 38.1 Å². The second-order valence-electron chi connectivity index (χ2n) is 8.29. The zero-order valence-electron chi connectivity index (χ0n) is 12.2. The molecule has 4 fully saturated rings. The summed E-state index contributed by atoms with van der Waals surface area (Å²) < 4.78 is 0. The molecular formula is C19H24. The molecule has 6 unspecified atom stereocenters. The molecule has 4 aliphatic rings. The Kier molecular flexibility index (Phi) is 1.79. The fourth-order valence-electron chi connectivity index (χ4n) is 7.09. The largest absolute Gasteiger partial charge is 0.0622 e. The maximum atomic E-state index is 2.53. The van der Waals surface area contributed by atoms with E-state index in [0.29, 0.717) is 5.41 Å². The quantitative estimate of drug-likeness (QED) is 0.679. The summed E-state index contributed by atoms with van der Waals surface area (Å²) in [6.07, 6.45) is 7.65. The van der Waals surface area contributed by atoms with Gasteiger partial charge in [0.15, 0.2) is 0 Å². The summed E-state index contributed by atoms with van der Waals surface area (Å²) in [4.78, 5) is 0. The van der Waals surface area contributed by atoms with Crippen LogP contribution in [0.3, 0.4) is 0 Å². The van der Waals surface area contributed by atoms with Gasteiger partial charge in [0, 0.05) is 0 Å². The molecule has 0 amide bonds. The summed E-state index contributed by atoms with van der Waals surface area (Å²) >= 11 is 0. The number of benzene rings is 1. The third-order valence-corrected chi connectivity index (χ3v) is 7.67. The molecule has 100 valence electrons. The summed E-state index contributed by atoms with van der Waals surface area (Å²) in [7, 11) is 0. The highest BCUT2D eigenvalue weighted by Gasteiger charge is 2.75. The molecule has 1 aromatic rings. The van der Waals surface area contributed by atoms with E-state index in [1.807, 2.05) is 0 Å². The second kappa shape index (κ2) is 3.10. The van der Waals surface area contributed by atoms with E-state index < -0.39 is 0 Å². The van der Waals surface area contributed by atoms with Crippen molar-refractivity contribution in [2.24, 2.45) is 29.1 Å². The third kappa shape index (κ3) is 1.06. The van der Waals surface area contributed by atoms with Crippen molar-refractivity contribution in [3.63, 3.8) is 0 Å². The van der Waals surface area contributed by atoms with Gasteiger partial charge in [-0.05, 0) is 79.1 Å². The molecule has 0 radical (unpaired) electrons. The predicted octanol–water partition coefficient (Wildman–Crippen LogP) is 4.71. The lowest BCUT2D eigenvalue weighted by Gasteiger charge is -2.53. The summed E-state index contributed by atoms with van der Waals surface area (Å²) in [6, 6.07) is 9.54. The van der Waals surface area contributed by atoms with E-state index in [1.54, 1.807) is 12.0 Å². The van der Waals surface area contributed by atoms with Crippen molar-refractivity contribution in [1.29, 1.82) is 0 Å². The minimum absolute atomic E-state index is 0.581. The monoisotopic (exact) mass is 252 g/mol. The van der Waals surface area contributed by atoms with Gasteiger partial charge in [-0.15, -0.1) is 0 Å². The Bertz CT molecular complexity index is 542. The van der Waals surface area contributed by atoms with Crippen molar-refractivity contribution in [3.05, 3.63) is 35.4 Å². The molecule has 1 spiro atoms. The van der Waals surface area contributed by atoms with Gasteiger partial charge in [0.1, 0.15) is 0 Å². The number of rotatable bonds is 1. The summed E-state index contributed by atoms with van der Waals surface area (Å²) in [5, 5.41) is 0. The van der Waals surface area contributed by atoms with Gasteiger partial charge in [0.05, 0.1) is 0 Å². The average Bonchev–Trinajstić information content (AvgIpc) is 2.92. The molecule has 0 heterocycles. The topological polar surface area (TPSA) is 0 Å². The molecule has 4 saturated carbocycles. The predicted molar refractivity (Wildman–Crippen MR) is 78.0 cm³/mol. The fourth-order valence-corrected chi connectivity index (χ4v) is 7.09. The van der Waals surface area contributed by atoms with Crippen LogP contribution in [0.4, 0.5) is 0 Å². The molecule has 0 heteroatoms. The number of hydrogen-bond acceptors (Lipinski definition) is 0.